The number of carbonyl (C=O) groups is 6. The van der Waals surface area contributed by atoms with Gasteiger partial charge in [-0.3, -0.25) is 19.2 Å². The zero-order chi connectivity index (χ0) is 25.9. The topological polar surface area (TPSA) is 317 Å². The average Bonchev–Trinajstić information content (AvgIpc) is 2.51. The van der Waals surface area contributed by atoms with Crippen LogP contribution in [0.3, 0.4) is 0 Å². The molecule has 0 aromatic carbocycles. The molecule has 0 aliphatic carbocycles. The molecular weight excluding hydrogens is 624 g/mol. The molecule has 8 N–H and O–H groups in total. The van der Waals surface area contributed by atoms with Gasteiger partial charge in [-0.1, -0.05) is 0 Å². The molecule has 0 saturated carbocycles. The van der Waals surface area contributed by atoms with Crippen LogP contribution in [0.25, 0.3) is 0 Å². The van der Waals surface area contributed by atoms with Crippen LogP contribution >= 0.6 is 0 Å². The Kier molecular flexibility index (Phi) is 13.8. The molecule has 0 unspecified atom stereocenters. The first-order valence-electron chi connectivity index (χ1n) is 7.34. The van der Waals surface area contributed by atoms with Gasteiger partial charge in [0, 0.05) is 0 Å². The molecular formula is C12H16Mo2O18. The van der Waals surface area contributed by atoms with E-state index in [1.165, 1.54) is 0 Å². The van der Waals surface area contributed by atoms with E-state index in [-0.39, 0.29) is 0 Å². The molecule has 0 aromatic heterocycles. The van der Waals surface area contributed by atoms with Crippen LogP contribution in [-0.4, -0.2) is 87.9 Å². The molecule has 184 valence electrons. The first kappa shape index (κ1) is 31.8. The van der Waals surface area contributed by atoms with Gasteiger partial charge in [0.15, 0.2) is 11.2 Å². The Morgan fingerprint density at radius 1 is 0.531 bits per heavy atom. The van der Waals surface area contributed by atoms with E-state index in [0.717, 1.165) is 0 Å². The number of carboxylic acids is 6. The fraction of sp³-hybridized carbons (Fsp3) is 0.500. The fourth-order valence-corrected chi connectivity index (χ4v) is 4.78. The van der Waals surface area contributed by atoms with E-state index in [1.807, 2.05) is 0 Å². The molecule has 0 amide bonds. The Hall–Kier alpha value is -2.36. The second kappa shape index (κ2) is 13.9. The van der Waals surface area contributed by atoms with Gasteiger partial charge >= 0.3 is 82.8 Å². The number of hydrogen-bond acceptors (Lipinski definition) is 12. The van der Waals surface area contributed by atoms with Crippen molar-refractivity contribution in [1.29, 1.82) is 0 Å². The van der Waals surface area contributed by atoms with Gasteiger partial charge in [0.25, 0.3) is 0 Å². The SMILES string of the molecule is O=C(O)CC(O)(CC(=O)O)C(=O)O.O=C(O)CC(O)(CC(=O)O)C(=O)O.[O]=[Mo]1[O][Mo](=[O])[O]1. The monoisotopic (exact) mass is 644 g/mol. The molecule has 0 bridgehead atoms. The quantitative estimate of drug-likeness (QED) is 0.111. The van der Waals surface area contributed by atoms with Gasteiger partial charge in [0.05, 0.1) is 25.7 Å². The van der Waals surface area contributed by atoms with Crippen molar-refractivity contribution in [2.45, 2.75) is 36.9 Å². The molecule has 0 radical (unpaired) electrons. The van der Waals surface area contributed by atoms with Gasteiger partial charge in [-0.15, -0.1) is 0 Å². The number of rotatable bonds is 10. The third-order valence-electron chi connectivity index (χ3n) is 2.79. The van der Waals surface area contributed by atoms with Crippen molar-refractivity contribution >= 4 is 35.8 Å². The van der Waals surface area contributed by atoms with E-state index in [9.17, 15) is 35.6 Å². The Bertz CT molecular complexity index is 696. The van der Waals surface area contributed by atoms with E-state index in [1.54, 1.807) is 0 Å². The molecule has 1 heterocycles. The summed E-state index contributed by atoms with van der Waals surface area (Å²) in [5, 5.41) is 67.6. The van der Waals surface area contributed by atoms with E-state index in [4.69, 9.17) is 40.9 Å². The summed E-state index contributed by atoms with van der Waals surface area (Å²) in [5.41, 5.74) is -5.48. The second-order valence-corrected chi connectivity index (χ2v) is 12.1. The normalized spacial score (nSPS) is 13.8. The van der Waals surface area contributed by atoms with Crippen molar-refractivity contribution in [3.8, 4) is 0 Å². The molecule has 0 aromatic rings. The fourth-order valence-electron chi connectivity index (χ4n) is 1.52. The number of aliphatic hydroxyl groups is 2. The number of hydrogen-bond donors (Lipinski definition) is 8. The molecule has 1 saturated heterocycles. The van der Waals surface area contributed by atoms with Gasteiger partial charge < -0.3 is 40.9 Å². The number of aliphatic carboxylic acids is 6. The van der Waals surface area contributed by atoms with E-state index >= 15 is 0 Å². The molecule has 0 atom stereocenters. The molecule has 0 spiro atoms. The summed E-state index contributed by atoms with van der Waals surface area (Å²) in [6, 6.07) is 0. The molecule has 1 rings (SSSR count). The first-order chi connectivity index (χ1) is 14.3. The Labute approximate surface area is 189 Å². The van der Waals surface area contributed by atoms with Crippen molar-refractivity contribution in [3.63, 3.8) is 0 Å². The summed E-state index contributed by atoms with van der Waals surface area (Å²) >= 11 is -5.51. The van der Waals surface area contributed by atoms with Crippen molar-refractivity contribution in [2.75, 3.05) is 0 Å². The van der Waals surface area contributed by atoms with E-state index < -0.39 is 109 Å². The molecule has 18 nitrogen and oxygen atoms in total. The summed E-state index contributed by atoms with van der Waals surface area (Å²) in [6.07, 6.45) is -4.58. The third kappa shape index (κ3) is 13.8. The van der Waals surface area contributed by atoms with Gasteiger partial charge in [0.1, 0.15) is 0 Å². The molecule has 20 heteroatoms. The summed E-state index contributed by atoms with van der Waals surface area (Å²) in [7, 11) is 0. The van der Waals surface area contributed by atoms with Gasteiger partial charge in [-0.2, -0.15) is 0 Å². The van der Waals surface area contributed by atoms with Crippen LogP contribution in [0.5, 0.6) is 0 Å². The van der Waals surface area contributed by atoms with Crippen molar-refractivity contribution in [2.24, 2.45) is 0 Å². The van der Waals surface area contributed by atoms with E-state index in [0.29, 0.717) is 0 Å². The van der Waals surface area contributed by atoms with Crippen LogP contribution in [0.2, 0.25) is 0 Å². The summed E-state index contributed by atoms with van der Waals surface area (Å²) in [4.78, 5) is 61.0. The van der Waals surface area contributed by atoms with E-state index in [2.05, 4.69) is 4.09 Å². The number of carboxylic acid groups (broad SMARTS) is 6. The minimum atomic E-state index is -2.75. The summed E-state index contributed by atoms with van der Waals surface area (Å²) in [5.74, 6) is -10.0. The van der Waals surface area contributed by atoms with Crippen molar-refractivity contribution in [3.05, 3.63) is 0 Å². The maximum atomic E-state index is 10.3. The predicted octanol–water partition coefficient (Wildman–Crippen LogP) is -2.88. The molecule has 1 aliphatic heterocycles. The van der Waals surface area contributed by atoms with Crippen LogP contribution in [0.4, 0.5) is 0 Å². The standard InChI is InChI=1S/2C6H8O7.2Mo.4O/c2*7-3(8)1-6(13,5(11)12)2-4(9)10;;;;;;/h2*13H,1-2H2,(H,7,8)(H,9,10)(H,11,12);;;;;;. The molecule has 1 fully saturated rings. The summed E-state index contributed by atoms with van der Waals surface area (Å²) in [6.45, 7) is 0. The second-order valence-electron chi connectivity index (χ2n) is 5.50. The maximum absolute atomic E-state index is 10.3. The predicted molar refractivity (Wildman–Crippen MR) is 77.7 cm³/mol. The summed E-state index contributed by atoms with van der Waals surface area (Å²) < 4.78 is 27.8. The first-order valence-corrected chi connectivity index (χ1v) is 12.3. The molecule has 32 heavy (non-hydrogen) atoms. The Morgan fingerprint density at radius 3 is 0.781 bits per heavy atom. The minimum absolute atomic E-state index is 1.14. The van der Waals surface area contributed by atoms with Crippen LogP contribution < -0.4 is 0 Å². The Morgan fingerprint density at radius 2 is 0.719 bits per heavy atom. The van der Waals surface area contributed by atoms with Crippen LogP contribution in [0, 0.1) is 0 Å². The zero-order valence-electron chi connectivity index (χ0n) is 15.3. The van der Waals surface area contributed by atoms with Crippen LogP contribution in [0.1, 0.15) is 25.7 Å². The van der Waals surface area contributed by atoms with Crippen LogP contribution in [-0.2, 0) is 75.7 Å². The van der Waals surface area contributed by atoms with Gasteiger partial charge in [0.2, 0.25) is 0 Å². The van der Waals surface area contributed by atoms with Crippen molar-refractivity contribution in [1.82, 2.24) is 0 Å². The van der Waals surface area contributed by atoms with Gasteiger partial charge in [-0.05, 0) is 0 Å². The average molecular weight is 640 g/mol. The van der Waals surface area contributed by atoms with Gasteiger partial charge in [-0.25, -0.2) is 9.59 Å². The Balaban J connectivity index is 0. The molecule has 1 aliphatic rings. The third-order valence-corrected chi connectivity index (χ3v) is 10.3. The van der Waals surface area contributed by atoms with Crippen LogP contribution in [0.15, 0.2) is 0 Å². The van der Waals surface area contributed by atoms with Crippen molar-refractivity contribution < 1.29 is 117 Å². The zero-order valence-corrected chi connectivity index (χ0v) is 19.3.